The van der Waals surface area contributed by atoms with Crippen LogP contribution in [-0.4, -0.2) is 22.0 Å². The summed E-state index contributed by atoms with van der Waals surface area (Å²) >= 11 is 0. The Hall–Kier alpha value is -2.89. The fraction of sp³-hybridized carbons (Fsp3) is 0.133. The van der Waals surface area contributed by atoms with Gasteiger partial charge in [0.15, 0.2) is 0 Å². The highest BCUT2D eigenvalue weighted by Crippen LogP contribution is 2.26. The Balaban J connectivity index is 2.46. The number of benzene rings is 1. The number of pyridine rings is 1. The zero-order valence-corrected chi connectivity index (χ0v) is 11.6. The summed E-state index contributed by atoms with van der Waals surface area (Å²) in [5.41, 5.74) is 6.93. The molecule has 0 unspecified atom stereocenters. The van der Waals surface area contributed by atoms with Gasteiger partial charge >= 0.3 is 5.97 Å². The average Bonchev–Trinajstić information content (AvgIpc) is 2.37. The molecule has 6 heteroatoms. The number of aromatic nitrogens is 1. The quantitative estimate of drug-likeness (QED) is 0.897. The number of rotatable bonds is 4. The van der Waals surface area contributed by atoms with Crippen LogP contribution >= 0.6 is 0 Å². The van der Waals surface area contributed by atoms with E-state index in [4.69, 9.17) is 15.6 Å². The molecule has 1 aromatic heterocycles. The fourth-order valence-corrected chi connectivity index (χ4v) is 1.98. The summed E-state index contributed by atoms with van der Waals surface area (Å²) < 4.78 is 5.55. The largest absolute Gasteiger partial charge is 0.478 e. The second-order valence-electron chi connectivity index (χ2n) is 4.56. The van der Waals surface area contributed by atoms with Gasteiger partial charge in [0, 0.05) is 5.69 Å². The van der Waals surface area contributed by atoms with Crippen LogP contribution in [0.15, 0.2) is 30.3 Å². The summed E-state index contributed by atoms with van der Waals surface area (Å²) in [6, 6.07) is 7.65. The van der Waals surface area contributed by atoms with E-state index in [2.05, 4.69) is 4.98 Å². The predicted molar refractivity (Wildman–Crippen MR) is 75.7 cm³/mol. The molecule has 108 valence electrons. The SMILES string of the molecule is Cc1cc(C)c(C(N)=O)c(Oc2cccc(C(=O)O)c2)n1. The van der Waals surface area contributed by atoms with E-state index < -0.39 is 11.9 Å². The van der Waals surface area contributed by atoms with Crippen molar-refractivity contribution >= 4 is 11.9 Å². The molecule has 1 heterocycles. The molecule has 2 aromatic rings. The standard InChI is InChI=1S/C15H14N2O4/c1-8-6-9(2)17-14(12(8)13(16)18)21-11-5-3-4-10(7-11)15(19)20/h3-7H,1-2H3,(H2,16,18)(H,19,20). The Bertz CT molecular complexity index is 726. The first kappa shape index (κ1) is 14.5. The molecule has 0 aliphatic carbocycles. The Morgan fingerprint density at radius 3 is 2.57 bits per heavy atom. The van der Waals surface area contributed by atoms with Gasteiger partial charge in [0.05, 0.1) is 5.56 Å². The first-order chi connectivity index (χ1) is 9.88. The number of nitrogens with two attached hydrogens (primary N) is 1. The molecule has 0 bridgehead atoms. The first-order valence-corrected chi connectivity index (χ1v) is 6.17. The number of primary amides is 1. The van der Waals surface area contributed by atoms with Gasteiger partial charge in [-0.15, -0.1) is 0 Å². The molecule has 0 atom stereocenters. The Kier molecular flexibility index (Phi) is 3.89. The van der Waals surface area contributed by atoms with Gasteiger partial charge < -0.3 is 15.6 Å². The third-order valence-corrected chi connectivity index (χ3v) is 2.85. The van der Waals surface area contributed by atoms with E-state index in [9.17, 15) is 9.59 Å². The van der Waals surface area contributed by atoms with Crippen molar-refractivity contribution in [3.63, 3.8) is 0 Å². The lowest BCUT2D eigenvalue weighted by molar-refractivity contribution is 0.0696. The smallest absolute Gasteiger partial charge is 0.335 e. The van der Waals surface area contributed by atoms with Crippen LogP contribution in [0.4, 0.5) is 0 Å². The first-order valence-electron chi connectivity index (χ1n) is 6.17. The topological polar surface area (TPSA) is 103 Å². The van der Waals surface area contributed by atoms with Crippen molar-refractivity contribution in [3.05, 3.63) is 52.7 Å². The minimum absolute atomic E-state index is 0.0718. The Labute approximate surface area is 121 Å². The molecule has 0 radical (unpaired) electrons. The van der Waals surface area contributed by atoms with Crippen LogP contribution in [0.1, 0.15) is 32.0 Å². The fourth-order valence-electron chi connectivity index (χ4n) is 1.98. The lowest BCUT2D eigenvalue weighted by Crippen LogP contribution is -2.15. The number of amides is 1. The van der Waals surface area contributed by atoms with Crippen LogP contribution in [0.5, 0.6) is 11.6 Å². The maximum atomic E-state index is 11.5. The maximum Gasteiger partial charge on any atom is 0.335 e. The van der Waals surface area contributed by atoms with Crippen molar-refractivity contribution in [3.8, 4) is 11.6 Å². The third-order valence-electron chi connectivity index (χ3n) is 2.85. The van der Waals surface area contributed by atoms with Crippen LogP contribution in [0.3, 0.4) is 0 Å². The van der Waals surface area contributed by atoms with Crippen molar-refractivity contribution in [2.75, 3.05) is 0 Å². The molecule has 0 spiro atoms. The van der Waals surface area contributed by atoms with Gasteiger partial charge in [-0.1, -0.05) is 6.07 Å². The van der Waals surface area contributed by atoms with Gasteiger partial charge in [-0.3, -0.25) is 4.79 Å². The molecule has 0 saturated carbocycles. The van der Waals surface area contributed by atoms with Gasteiger partial charge in [-0.2, -0.15) is 0 Å². The summed E-state index contributed by atoms with van der Waals surface area (Å²) in [6.07, 6.45) is 0. The second-order valence-corrected chi connectivity index (χ2v) is 4.56. The lowest BCUT2D eigenvalue weighted by atomic mass is 10.1. The van der Waals surface area contributed by atoms with Crippen LogP contribution in [0, 0.1) is 13.8 Å². The predicted octanol–water partition coefficient (Wildman–Crippen LogP) is 2.29. The second kappa shape index (κ2) is 5.62. The number of aromatic carboxylic acids is 1. The summed E-state index contributed by atoms with van der Waals surface area (Å²) in [7, 11) is 0. The molecule has 0 aliphatic rings. The van der Waals surface area contributed by atoms with Crippen molar-refractivity contribution < 1.29 is 19.4 Å². The summed E-state index contributed by atoms with van der Waals surface area (Å²) in [4.78, 5) is 26.6. The van der Waals surface area contributed by atoms with E-state index in [1.807, 2.05) is 0 Å². The minimum Gasteiger partial charge on any atom is -0.478 e. The molecular weight excluding hydrogens is 272 g/mol. The normalized spacial score (nSPS) is 10.2. The number of nitrogens with zero attached hydrogens (tertiary/aromatic N) is 1. The van der Waals surface area contributed by atoms with E-state index in [1.54, 1.807) is 32.0 Å². The van der Waals surface area contributed by atoms with Gasteiger partial charge in [0.25, 0.3) is 5.91 Å². The van der Waals surface area contributed by atoms with Gasteiger partial charge in [0.2, 0.25) is 5.88 Å². The number of aryl methyl sites for hydroxylation is 2. The maximum absolute atomic E-state index is 11.5. The summed E-state index contributed by atoms with van der Waals surface area (Å²) in [6.45, 7) is 3.49. The Morgan fingerprint density at radius 1 is 1.24 bits per heavy atom. The zero-order chi connectivity index (χ0) is 15.6. The highest BCUT2D eigenvalue weighted by Gasteiger charge is 2.16. The van der Waals surface area contributed by atoms with Crippen molar-refractivity contribution in [2.45, 2.75) is 13.8 Å². The number of carboxylic acid groups (broad SMARTS) is 1. The number of carboxylic acids is 1. The molecule has 1 aromatic carbocycles. The highest BCUT2D eigenvalue weighted by atomic mass is 16.5. The lowest BCUT2D eigenvalue weighted by Gasteiger charge is -2.11. The van der Waals surface area contributed by atoms with Crippen LogP contribution < -0.4 is 10.5 Å². The Morgan fingerprint density at radius 2 is 1.95 bits per heavy atom. The average molecular weight is 286 g/mol. The molecule has 0 fully saturated rings. The van der Waals surface area contributed by atoms with E-state index in [0.717, 1.165) is 0 Å². The minimum atomic E-state index is -1.07. The molecule has 2 rings (SSSR count). The van der Waals surface area contributed by atoms with E-state index in [0.29, 0.717) is 11.3 Å². The van der Waals surface area contributed by atoms with Gasteiger partial charge in [0.1, 0.15) is 11.3 Å². The van der Waals surface area contributed by atoms with Crippen molar-refractivity contribution in [1.29, 1.82) is 0 Å². The van der Waals surface area contributed by atoms with Crippen molar-refractivity contribution in [2.24, 2.45) is 5.73 Å². The van der Waals surface area contributed by atoms with E-state index in [1.165, 1.54) is 12.1 Å². The molecule has 21 heavy (non-hydrogen) atoms. The van der Waals surface area contributed by atoms with E-state index >= 15 is 0 Å². The molecule has 3 N–H and O–H groups in total. The highest BCUT2D eigenvalue weighted by molar-refractivity contribution is 5.96. The number of ether oxygens (including phenoxy) is 1. The molecule has 0 saturated heterocycles. The molecule has 1 amide bonds. The van der Waals surface area contributed by atoms with Crippen LogP contribution in [0.2, 0.25) is 0 Å². The van der Waals surface area contributed by atoms with E-state index in [-0.39, 0.29) is 22.8 Å². The molecule has 0 aliphatic heterocycles. The summed E-state index contributed by atoms with van der Waals surface area (Å²) in [5.74, 6) is -1.37. The number of hydrogen-bond donors (Lipinski definition) is 2. The zero-order valence-electron chi connectivity index (χ0n) is 11.6. The third kappa shape index (κ3) is 3.17. The molecular formula is C15H14N2O4. The monoisotopic (exact) mass is 286 g/mol. The summed E-state index contributed by atoms with van der Waals surface area (Å²) in [5, 5.41) is 8.96. The van der Waals surface area contributed by atoms with Gasteiger partial charge in [-0.05, 0) is 43.7 Å². The van der Waals surface area contributed by atoms with Crippen molar-refractivity contribution in [1.82, 2.24) is 4.98 Å². The number of carbonyl (C=O) groups is 2. The molecule has 6 nitrogen and oxygen atoms in total. The van der Waals surface area contributed by atoms with Gasteiger partial charge in [-0.25, -0.2) is 9.78 Å². The van der Waals surface area contributed by atoms with Crippen LogP contribution in [-0.2, 0) is 0 Å². The number of carbonyl (C=O) groups excluding carboxylic acids is 1. The number of hydrogen-bond acceptors (Lipinski definition) is 4. The van der Waals surface area contributed by atoms with Crippen LogP contribution in [0.25, 0.3) is 0 Å².